The first-order valence-corrected chi connectivity index (χ1v) is 5.50. The molecule has 1 rings (SSSR count). The van der Waals surface area contributed by atoms with Crippen LogP contribution in [0.3, 0.4) is 0 Å². The quantitative estimate of drug-likeness (QED) is 0.676. The van der Waals surface area contributed by atoms with Crippen molar-refractivity contribution in [3.63, 3.8) is 0 Å². The van der Waals surface area contributed by atoms with Crippen molar-refractivity contribution in [1.29, 1.82) is 0 Å². The summed E-state index contributed by atoms with van der Waals surface area (Å²) >= 11 is 0. The number of benzene rings is 1. The van der Waals surface area contributed by atoms with Crippen molar-refractivity contribution in [3.8, 4) is 5.75 Å². The first-order chi connectivity index (χ1) is 8.19. The summed E-state index contributed by atoms with van der Waals surface area (Å²) in [6.07, 6.45) is 0.360. The van der Waals surface area contributed by atoms with Gasteiger partial charge in [-0.1, -0.05) is 0 Å². The van der Waals surface area contributed by atoms with Crippen LogP contribution in [0.25, 0.3) is 0 Å². The maximum absolute atomic E-state index is 11.2. The van der Waals surface area contributed by atoms with Gasteiger partial charge in [-0.25, -0.2) is 0 Å². The lowest BCUT2D eigenvalue weighted by Gasteiger charge is -2.17. The Morgan fingerprint density at radius 2 is 2.06 bits per heavy atom. The van der Waals surface area contributed by atoms with Gasteiger partial charge in [-0.05, 0) is 24.3 Å². The zero-order valence-corrected chi connectivity index (χ0v) is 10.2. The van der Waals surface area contributed by atoms with E-state index in [1.54, 1.807) is 14.2 Å². The number of amides is 1. The summed E-state index contributed by atoms with van der Waals surface area (Å²) in [6.45, 7) is 0.402. The number of ether oxygens (including phenoxy) is 1. The fourth-order valence-electron chi connectivity index (χ4n) is 1.44. The summed E-state index contributed by atoms with van der Waals surface area (Å²) in [6, 6.07) is 7.44. The lowest BCUT2D eigenvalue weighted by atomic mass is 10.2. The molecule has 0 saturated carbocycles. The summed E-state index contributed by atoms with van der Waals surface area (Å²) < 4.78 is 5.07. The van der Waals surface area contributed by atoms with E-state index in [0.29, 0.717) is 13.0 Å². The van der Waals surface area contributed by atoms with Crippen LogP contribution in [0.4, 0.5) is 5.69 Å². The Bertz CT molecular complexity index is 351. The minimum absolute atomic E-state index is 0.0264. The maximum Gasteiger partial charge on any atom is 0.221 e. The molecular weight excluding hydrogens is 218 g/mol. The molecule has 0 aliphatic carbocycles. The topological polar surface area (TPSA) is 76.4 Å². The average Bonchev–Trinajstić information content (AvgIpc) is 2.38. The third kappa shape index (κ3) is 4.32. The van der Waals surface area contributed by atoms with Gasteiger partial charge in [-0.2, -0.15) is 0 Å². The molecule has 5 nitrogen and oxygen atoms in total. The van der Waals surface area contributed by atoms with Crippen LogP contribution in [0.5, 0.6) is 5.75 Å². The number of carbonyl (C=O) groups is 1. The molecule has 0 fully saturated rings. The molecular formula is C12H19N3O2. The lowest BCUT2D eigenvalue weighted by molar-refractivity contribution is -0.120. The highest BCUT2D eigenvalue weighted by molar-refractivity contribution is 5.76. The molecule has 0 spiro atoms. The number of methoxy groups -OCH3 is 1. The van der Waals surface area contributed by atoms with Gasteiger partial charge in [-0.3, -0.25) is 4.79 Å². The molecule has 17 heavy (non-hydrogen) atoms. The smallest absolute Gasteiger partial charge is 0.221 e. The number of nitrogens with two attached hydrogens (primary N) is 1. The minimum Gasteiger partial charge on any atom is -0.497 e. The summed E-state index contributed by atoms with van der Waals surface area (Å²) in [5.74, 6) is 0.771. The Morgan fingerprint density at radius 1 is 1.41 bits per heavy atom. The fourth-order valence-corrected chi connectivity index (χ4v) is 1.44. The standard InChI is InChI=1S/C12H19N3O2/c1-14-12(16)7-10(8-13)15-9-3-5-11(17-2)6-4-9/h3-6,10,15H,7-8,13H2,1-2H3,(H,14,16). The second-order valence-corrected chi connectivity index (χ2v) is 3.68. The highest BCUT2D eigenvalue weighted by atomic mass is 16.5. The average molecular weight is 237 g/mol. The van der Waals surface area contributed by atoms with E-state index < -0.39 is 0 Å². The predicted octanol–water partition coefficient (Wildman–Crippen LogP) is 0.571. The zero-order valence-electron chi connectivity index (χ0n) is 10.2. The van der Waals surface area contributed by atoms with Gasteiger partial charge in [0.05, 0.1) is 7.11 Å². The van der Waals surface area contributed by atoms with Crippen LogP contribution in [0.1, 0.15) is 6.42 Å². The van der Waals surface area contributed by atoms with E-state index in [9.17, 15) is 4.79 Å². The molecule has 94 valence electrons. The number of nitrogens with one attached hydrogen (secondary N) is 2. The van der Waals surface area contributed by atoms with E-state index in [1.807, 2.05) is 24.3 Å². The van der Waals surface area contributed by atoms with E-state index in [4.69, 9.17) is 10.5 Å². The molecule has 1 atom stereocenters. The Balaban J connectivity index is 2.57. The van der Waals surface area contributed by atoms with Gasteiger partial charge >= 0.3 is 0 Å². The van der Waals surface area contributed by atoms with Crippen molar-refractivity contribution in [2.45, 2.75) is 12.5 Å². The van der Waals surface area contributed by atoms with Crippen molar-refractivity contribution in [2.24, 2.45) is 5.73 Å². The second-order valence-electron chi connectivity index (χ2n) is 3.68. The SMILES string of the molecule is CNC(=O)CC(CN)Nc1ccc(OC)cc1. The fraction of sp³-hybridized carbons (Fsp3) is 0.417. The van der Waals surface area contributed by atoms with Crippen LogP contribution in [-0.2, 0) is 4.79 Å². The van der Waals surface area contributed by atoms with Crippen LogP contribution in [0, 0.1) is 0 Å². The van der Waals surface area contributed by atoms with Crippen LogP contribution in [0.2, 0.25) is 0 Å². The third-order valence-electron chi connectivity index (χ3n) is 2.46. The van der Waals surface area contributed by atoms with Gasteiger partial charge in [0.15, 0.2) is 0 Å². The van der Waals surface area contributed by atoms with Crippen LogP contribution >= 0.6 is 0 Å². The lowest BCUT2D eigenvalue weighted by Crippen LogP contribution is -2.34. The van der Waals surface area contributed by atoms with Crippen LogP contribution < -0.4 is 21.1 Å². The van der Waals surface area contributed by atoms with Crippen molar-refractivity contribution >= 4 is 11.6 Å². The molecule has 5 heteroatoms. The van der Waals surface area contributed by atoms with Gasteiger partial charge in [0.1, 0.15) is 5.75 Å². The third-order valence-corrected chi connectivity index (χ3v) is 2.46. The number of carbonyl (C=O) groups excluding carboxylic acids is 1. The van der Waals surface area contributed by atoms with Gasteiger partial charge in [-0.15, -0.1) is 0 Å². The molecule has 0 aliphatic heterocycles. The van der Waals surface area contributed by atoms with Crippen molar-refractivity contribution in [3.05, 3.63) is 24.3 Å². The molecule has 0 bridgehead atoms. The molecule has 4 N–H and O–H groups in total. The van der Waals surface area contributed by atoms with Gasteiger partial charge < -0.3 is 21.1 Å². The highest BCUT2D eigenvalue weighted by Crippen LogP contribution is 2.16. The molecule has 0 saturated heterocycles. The molecule has 0 heterocycles. The molecule has 1 amide bonds. The first-order valence-electron chi connectivity index (χ1n) is 5.50. The Kier molecular flexibility index (Phi) is 5.29. The number of hydrogen-bond acceptors (Lipinski definition) is 4. The van der Waals surface area contributed by atoms with E-state index in [1.165, 1.54) is 0 Å². The van der Waals surface area contributed by atoms with E-state index in [0.717, 1.165) is 11.4 Å². The normalized spacial score (nSPS) is 11.7. The molecule has 1 unspecified atom stereocenters. The molecule has 1 aromatic rings. The van der Waals surface area contributed by atoms with Crippen molar-refractivity contribution < 1.29 is 9.53 Å². The predicted molar refractivity (Wildman–Crippen MR) is 68.1 cm³/mol. The largest absolute Gasteiger partial charge is 0.497 e. The van der Waals surface area contributed by atoms with Gasteiger partial charge in [0.2, 0.25) is 5.91 Å². The molecule has 0 radical (unpaired) electrons. The Hall–Kier alpha value is -1.75. The van der Waals surface area contributed by atoms with E-state index in [-0.39, 0.29) is 11.9 Å². The second kappa shape index (κ2) is 6.75. The van der Waals surface area contributed by atoms with Gasteiger partial charge in [0, 0.05) is 31.7 Å². The summed E-state index contributed by atoms with van der Waals surface area (Å²) in [4.78, 5) is 11.2. The molecule has 0 aromatic heterocycles. The number of hydrogen-bond donors (Lipinski definition) is 3. The summed E-state index contributed by atoms with van der Waals surface area (Å²) in [7, 11) is 3.24. The summed E-state index contributed by atoms with van der Waals surface area (Å²) in [5.41, 5.74) is 6.53. The van der Waals surface area contributed by atoms with Crippen LogP contribution in [0.15, 0.2) is 24.3 Å². The van der Waals surface area contributed by atoms with Crippen molar-refractivity contribution in [1.82, 2.24) is 5.32 Å². The number of anilines is 1. The maximum atomic E-state index is 11.2. The van der Waals surface area contributed by atoms with Crippen molar-refractivity contribution in [2.75, 3.05) is 26.0 Å². The van der Waals surface area contributed by atoms with E-state index in [2.05, 4.69) is 10.6 Å². The Labute approximate surface area is 101 Å². The zero-order chi connectivity index (χ0) is 12.7. The monoisotopic (exact) mass is 237 g/mol. The minimum atomic E-state index is -0.0663. The van der Waals surface area contributed by atoms with Gasteiger partial charge in [0.25, 0.3) is 0 Å². The molecule has 1 aromatic carbocycles. The van der Waals surface area contributed by atoms with Crippen LogP contribution in [-0.4, -0.2) is 32.7 Å². The molecule has 0 aliphatic rings. The highest BCUT2D eigenvalue weighted by Gasteiger charge is 2.10. The first kappa shape index (κ1) is 13.3. The Morgan fingerprint density at radius 3 is 2.53 bits per heavy atom. The van der Waals surface area contributed by atoms with E-state index >= 15 is 0 Å². The number of rotatable bonds is 6. The summed E-state index contributed by atoms with van der Waals surface area (Å²) in [5, 5.41) is 5.78.